The van der Waals surface area contributed by atoms with E-state index in [1.165, 1.54) is 12.1 Å². The van der Waals surface area contributed by atoms with Crippen LogP contribution in [0.2, 0.25) is 0 Å². The van der Waals surface area contributed by atoms with Crippen molar-refractivity contribution in [2.45, 2.75) is 106 Å². The van der Waals surface area contributed by atoms with Gasteiger partial charge in [0.15, 0.2) is 0 Å². The first-order valence-electron chi connectivity index (χ1n) is 18.2. The fourth-order valence-corrected chi connectivity index (χ4v) is 6.49. The van der Waals surface area contributed by atoms with Gasteiger partial charge in [-0.1, -0.05) is 45.0 Å². The average molecular weight is 674 g/mol. The molecule has 1 amide bonds. The monoisotopic (exact) mass is 673 g/mol. The van der Waals surface area contributed by atoms with Crippen LogP contribution in [-0.4, -0.2) is 43.9 Å². The number of aliphatic hydroxyl groups is 2. The number of rotatable bonds is 13. The van der Waals surface area contributed by atoms with Gasteiger partial charge < -0.3 is 25.2 Å². The number of carboxylic acid groups (broad SMARTS) is 1. The van der Waals surface area contributed by atoms with Gasteiger partial charge in [-0.15, -0.1) is 0 Å². The van der Waals surface area contributed by atoms with Crippen molar-refractivity contribution in [3.8, 4) is 22.4 Å². The van der Waals surface area contributed by atoms with Crippen molar-refractivity contribution in [2.24, 2.45) is 5.92 Å². The third kappa shape index (κ3) is 8.31. The lowest BCUT2D eigenvalue weighted by Gasteiger charge is -2.28. The molecule has 4 rings (SSSR count). The summed E-state index contributed by atoms with van der Waals surface area (Å²) in [6, 6.07) is 15.4. The number of halogens is 1. The highest BCUT2D eigenvalue weighted by atomic mass is 19.1. The molecule has 0 radical (unpaired) electrons. The van der Waals surface area contributed by atoms with Crippen LogP contribution in [0.3, 0.4) is 0 Å². The highest BCUT2D eigenvalue weighted by Gasteiger charge is 2.35. The summed E-state index contributed by atoms with van der Waals surface area (Å²) < 4.78 is 40.4. The first kappa shape index (κ1) is 33.2. The number of anilines is 1. The molecule has 7 nitrogen and oxygen atoms in total. The van der Waals surface area contributed by atoms with Gasteiger partial charge in [0.25, 0.3) is 5.91 Å². The number of benzene rings is 3. The van der Waals surface area contributed by atoms with Crippen molar-refractivity contribution in [1.82, 2.24) is 4.57 Å². The predicted octanol–water partition coefficient (Wildman–Crippen LogP) is 9.05. The Balaban J connectivity index is 2.11. The number of carbonyl (C=O) groups is 2. The van der Waals surface area contributed by atoms with Crippen molar-refractivity contribution < 1.29 is 33.4 Å². The molecule has 3 aromatic carbocycles. The van der Waals surface area contributed by atoms with Gasteiger partial charge >= 0.3 is 5.97 Å². The van der Waals surface area contributed by atoms with Gasteiger partial charge in [-0.2, -0.15) is 0 Å². The first-order chi connectivity index (χ1) is 24.1. The van der Waals surface area contributed by atoms with Gasteiger partial charge in [0, 0.05) is 31.3 Å². The van der Waals surface area contributed by atoms with E-state index in [0.29, 0.717) is 39.3 Å². The molecule has 1 heterocycles. The number of amides is 1. The van der Waals surface area contributed by atoms with E-state index in [-0.39, 0.29) is 24.2 Å². The van der Waals surface area contributed by atoms with Crippen molar-refractivity contribution >= 4 is 17.6 Å². The average Bonchev–Trinajstić information content (AvgIpc) is 3.39. The van der Waals surface area contributed by atoms with E-state index in [9.17, 15) is 29.3 Å². The number of aliphatic carboxylic acids is 1. The standard InChI is InChI=1S/C41H51FN2O5/c1-22(2)28(8)39-38(41(49)43-31-15-13-23(3)25(5)18-31)37(35-12-10-11-24(4)29(35)9)40(34-16-14-30(42)17-26(34)6)44(39)27(7)19-32(45)20-33(46)21-36(47)48/h10-18,22,27-28,32-33,45-46H,19-21H2,1-9H3,(H,43,49)(H,47,48)/t27?,28?,32-,33-/m1/s1/i21D2,33D. The zero-order valence-electron chi connectivity index (χ0n) is 32.9. The number of aryl methyl sites for hydroxylation is 4. The Bertz CT molecular complexity index is 1990. The zero-order chi connectivity index (χ0) is 39.0. The molecule has 0 saturated carbocycles. The molecule has 0 aliphatic carbocycles. The summed E-state index contributed by atoms with van der Waals surface area (Å²) in [5.41, 5.74) is 8.99. The number of aromatic nitrogens is 1. The number of hydrogen-bond acceptors (Lipinski definition) is 4. The Morgan fingerprint density at radius 3 is 2.18 bits per heavy atom. The van der Waals surface area contributed by atoms with Crippen LogP contribution >= 0.6 is 0 Å². The molecular formula is C41H51FN2O5. The fraction of sp³-hybridized carbons (Fsp3) is 0.415. The molecule has 4 aromatic rings. The minimum atomic E-state index is -3.35. The van der Waals surface area contributed by atoms with E-state index >= 15 is 0 Å². The largest absolute Gasteiger partial charge is 0.481 e. The molecule has 4 N–H and O–H groups in total. The topological polar surface area (TPSA) is 112 Å². The van der Waals surface area contributed by atoms with E-state index in [4.69, 9.17) is 4.11 Å². The molecule has 8 heteroatoms. The molecule has 0 aliphatic heterocycles. The number of carboxylic acids is 1. The number of nitrogens with zero attached hydrogens (tertiary/aromatic N) is 1. The van der Waals surface area contributed by atoms with Gasteiger partial charge in [-0.25, -0.2) is 4.39 Å². The number of aliphatic hydroxyl groups excluding tert-OH is 1. The molecule has 4 atom stereocenters. The lowest BCUT2D eigenvalue weighted by molar-refractivity contribution is -0.139. The molecule has 2 unspecified atom stereocenters. The number of hydrogen-bond donors (Lipinski definition) is 4. The van der Waals surface area contributed by atoms with Crippen LogP contribution in [0.25, 0.3) is 22.4 Å². The second kappa shape index (κ2) is 15.5. The second-order valence-corrected chi connectivity index (χ2v) is 13.7. The van der Waals surface area contributed by atoms with Crippen molar-refractivity contribution in [2.75, 3.05) is 5.32 Å². The highest BCUT2D eigenvalue weighted by Crippen LogP contribution is 2.48. The SMILES string of the molecule is [2H]C([2H])(C(=O)O)[C@]([2H])(O)C[C@H](O)CC(C)n1c(-c2ccc(F)cc2C)c(-c2cccc(C)c2C)c(C(=O)Nc2ccc(C)c(C)c2)c1C(C)C(C)C. The van der Waals surface area contributed by atoms with E-state index in [0.717, 1.165) is 27.8 Å². The Morgan fingerprint density at radius 1 is 0.878 bits per heavy atom. The molecule has 49 heavy (non-hydrogen) atoms. The maximum Gasteiger partial charge on any atom is 0.305 e. The summed E-state index contributed by atoms with van der Waals surface area (Å²) in [6.45, 7) is 17.6. The quantitative estimate of drug-likeness (QED) is 0.113. The third-order valence-corrected chi connectivity index (χ3v) is 9.72. The lowest BCUT2D eigenvalue weighted by atomic mass is 9.87. The Hall–Kier alpha value is -4.27. The van der Waals surface area contributed by atoms with Crippen LogP contribution in [0.1, 0.15) is 107 Å². The van der Waals surface area contributed by atoms with Crippen molar-refractivity contribution in [3.63, 3.8) is 0 Å². The van der Waals surface area contributed by atoms with Crippen molar-refractivity contribution in [1.29, 1.82) is 0 Å². The summed E-state index contributed by atoms with van der Waals surface area (Å²) >= 11 is 0. The Kier molecular flexibility index (Phi) is 10.5. The Labute approximate surface area is 294 Å². The minimum absolute atomic E-state index is 0.0220. The lowest BCUT2D eigenvalue weighted by Crippen LogP contribution is -2.25. The van der Waals surface area contributed by atoms with Gasteiger partial charge in [-0.3, -0.25) is 9.59 Å². The van der Waals surface area contributed by atoms with Crippen LogP contribution < -0.4 is 5.32 Å². The van der Waals surface area contributed by atoms with Crippen LogP contribution in [0, 0.1) is 46.4 Å². The number of nitrogens with one attached hydrogen (secondary N) is 1. The summed E-state index contributed by atoms with van der Waals surface area (Å²) in [5.74, 6) is -3.02. The van der Waals surface area contributed by atoms with E-state index in [1.54, 1.807) is 13.0 Å². The van der Waals surface area contributed by atoms with Crippen LogP contribution in [-0.2, 0) is 4.79 Å². The van der Waals surface area contributed by atoms with Crippen LogP contribution in [0.15, 0.2) is 54.6 Å². The third-order valence-electron chi connectivity index (χ3n) is 9.72. The molecule has 1 aromatic heterocycles. The number of carbonyl (C=O) groups excluding carboxylic acids is 1. The van der Waals surface area contributed by atoms with Crippen LogP contribution in [0.4, 0.5) is 10.1 Å². The summed E-state index contributed by atoms with van der Waals surface area (Å²) in [6.07, 6.45) is -9.03. The van der Waals surface area contributed by atoms with E-state index in [1.807, 2.05) is 96.4 Å². The Morgan fingerprint density at radius 2 is 1.57 bits per heavy atom. The van der Waals surface area contributed by atoms with Crippen LogP contribution in [0.5, 0.6) is 0 Å². The van der Waals surface area contributed by atoms with E-state index < -0.39 is 42.8 Å². The zero-order valence-corrected chi connectivity index (χ0v) is 29.9. The maximum atomic E-state index is 14.9. The van der Waals surface area contributed by atoms with Crippen molar-refractivity contribution in [3.05, 3.63) is 99.5 Å². The molecule has 0 fully saturated rings. The van der Waals surface area contributed by atoms with Gasteiger partial charge in [0.1, 0.15) is 5.82 Å². The van der Waals surface area contributed by atoms with Gasteiger partial charge in [0.2, 0.25) is 0 Å². The molecule has 0 saturated heterocycles. The first-order valence-corrected chi connectivity index (χ1v) is 16.7. The molecule has 0 spiro atoms. The molecule has 262 valence electrons. The molecular weight excluding hydrogens is 619 g/mol. The molecule has 0 aliphatic rings. The summed E-state index contributed by atoms with van der Waals surface area (Å²) in [7, 11) is 0. The smallest absolute Gasteiger partial charge is 0.305 e. The normalized spacial score (nSPS) is 15.9. The summed E-state index contributed by atoms with van der Waals surface area (Å²) in [5, 5.41) is 34.4. The minimum Gasteiger partial charge on any atom is -0.481 e. The summed E-state index contributed by atoms with van der Waals surface area (Å²) in [4.78, 5) is 26.5. The molecule has 0 bridgehead atoms. The fourth-order valence-electron chi connectivity index (χ4n) is 6.49. The predicted molar refractivity (Wildman–Crippen MR) is 195 cm³/mol. The second-order valence-electron chi connectivity index (χ2n) is 13.7. The highest BCUT2D eigenvalue weighted by molar-refractivity contribution is 6.13. The maximum absolute atomic E-state index is 14.9. The van der Waals surface area contributed by atoms with Gasteiger partial charge in [-0.05, 0) is 130 Å². The van der Waals surface area contributed by atoms with Gasteiger partial charge in [0.05, 0.1) is 31.2 Å². The van der Waals surface area contributed by atoms with E-state index in [2.05, 4.69) is 5.32 Å².